The Bertz CT molecular complexity index is 315. The van der Waals surface area contributed by atoms with Gasteiger partial charge in [-0.2, -0.15) is 13.5 Å². The van der Waals surface area contributed by atoms with Crippen LogP contribution in [0.1, 0.15) is 20.3 Å². The molecule has 8 heteroatoms. The first-order valence-corrected chi connectivity index (χ1v) is 5.73. The van der Waals surface area contributed by atoms with Gasteiger partial charge < -0.3 is 5.11 Å². The lowest BCUT2D eigenvalue weighted by Crippen LogP contribution is -2.43. The van der Waals surface area contributed by atoms with Crippen LogP contribution in [0.5, 0.6) is 0 Å². The van der Waals surface area contributed by atoms with E-state index in [2.05, 4.69) is 0 Å². The second-order valence-electron chi connectivity index (χ2n) is 3.44. The van der Waals surface area contributed by atoms with Gasteiger partial charge in [-0.3, -0.25) is 4.79 Å². The Morgan fingerprint density at radius 3 is 2.13 bits per heavy atom. The predicted molar refractivity (Wildman–Crippen MR) is 48.9 cm³/mol. The van der Waals surface area contributed by atoms with Gasteiger partial charge in [-0.15, -0.1) is 0 Å². The van der Waals surface area contributed by atoms with Crippen molar-refractivity contribution in [3.05, 3.63) is 0 Å². The van der Waals surface area contributed by atoms with Crippen LogP contribution < -0.4 is 4.72 Å². The number of carbonyl (C=O) groups is 1. The van der Waals surface area contributed by atoms with E-state index < -0.39 is 27.8 Å². The molecule has 1 atom stereocenters. The predicted octanol–water partition coefficient (Wildman–Crippen LogP) is 0.628. The van der Waals surface area contributed by atoms with E-state index in [1.54, 1.807) is 13.8 Å². The first-order chi connectivity index (χ1) is 6.66. The highest BCUT2D eigenvalue weighted by Gasteiger charge is 2.30. The van der Waals surface area contributed by atoms with E-state index in [-0.39, 0.29) is 12.3 Å². The van der Waals surface area contributed by atoms with Crippen molar-refractivity contribution in [2.75, 3.05) is 0 Å². The summed E-state index contributed by atoms with van der Waals surface area (Å²) in [5.74, 6) is -5.20. The van der Waals surface area contributed by atoms with Crippen LogP contribution in [0.3, 0.4) is 0 Å². The first-order valence-electron chi connectivity index (χ1n) is 4.19. The molecule has 0 bridgehead atoms. The van der Waals surface area contributed by atoms with E-state index in [1.165, 1.54) is 4.72 Å². The third kappa shape index (κ3) is 5.03. The number of sulfonamides is 1. The Hall–Kier alpha value is -0.760. The van der Waals surface area contributed by atoms with Crippen molar-refractivity contribution < 1.29 is 27.1 Å². The summed E-state index contributed by atoms with van der Waals surface area (Å²) in [5.41, 5.74) is 0. The molecule has 0 fully saturated rings. The van der Waals surface area contributed by atoms with Gasteiger partial charge in [0.25, 0.3) is 10.0 Å². The van der Waals surface area contributed by atoms with Crippen molar-refractivity contribution in [1.29, 1.82) is 0 Å². The molecule has 90 valence electrons. The smallest absolute Gasteiger partial charge is 0.350 e. The molecule has 0 rings (SSSR count). The molecule has 0 spiro atoms. The van der Waals surface area contributed by atoms with E-state index >= 15 is 0 Å². The van der Waals surface area contributed by atoms with Gasteiger partial charge in [0.1, 0.15) is 6.04 Å². The molecule has 0 saturated heterocycles. The molecule has 0 aromatic carbocycles. The fourth-order valence-electron chi connectivity index (χ4n) is 0.920. The molecule has 0 aliphatic heterocycles. The lowest BCUT2D eigenvalue weighted by Gasteiger charge is -2.15. The minimum atomic E-state index is -4.85. The van der Waals surface area contributed by atoms with Crippen molar-refractivity contribution in [3.8, 4) is 0 Å². The summed E-state index contributed by atoms with van der Waals surface area (Å²) < 4.78 is 46.7. The van der Waals surface area contributed by atoms with Crippen molar-refractivity contribution in [3.63, 3.8) is 0 Å². The van der Waals surface area contributed by atoms with Crippen LogP contribution in [0.2, 0.25) is 0 Å². The molecule has 0 aliphatic rings. The number of hydrogen-bond donors (Lipinski definition) is 2. The maximum absolute atomic E-state index is 11.9. The molecule has 0 aromatic rings. The van der Waals surface area contributed by atoms with Crippen LogP contribution in [0.25, 0.3) is 0 Å². The summed E-state index contributed by atoms with van der Waals surface area (Å²) in [6, 6.07) is -1.51. The van der Waals surface area contributed by atoms with Crippen LogP contribution in [-0.2, 0) is 14.8 Å². The topological polar surface area (TPSA) is 83.5 Å². The Kier molecular flexibility index (Phi) is 5.09. The monoisotopic (exact) mass is 245 g/mol. The standard InChI is InChI=1S/C7H13F2NO4S/c1-4(2)3-5(6(11)12)10-15(13,14)7(8)9/h4-5,7,10H,3H2,1-2H3,(H,11,12)/t5-/m1/s1. The molecule has 0 heterocycles. The van der Waals surface area contributed by atoms with Gasteiger partial charge in [0.05, 0.1) is 0 Å². The second-order valence-corrected chi connectivity index (χ2v) is 5.13. The number of nitrogens with one attached hydrogen (secondary N) is 1. The molecule has 0 radical (unpaired) electrons. The van der Waals surface area contributed by atoms with Crippen molar-refractivity contribution in [2.24, 2.45) is 5.92 Å². The number of aliphatic carboxylic acids is 1. The number of halogens is 2. The molecule has 0 amide bonds. The SMILES string of the molecule is CC(C)C[C@@H](NS(=O)(=O)C(F)F)C(=O)O. The van der Waals surface area contributed by atoms with Gasteiger partial charge in [-0.25, -0.2) is 8.42 Å². The molecular weight excluding hydrogens is 232 g/mol. The third-order valence-corrected chi connectivity index (χ3v) is 2.63. The zero-order valence-electron chi connectivity index (χ0n) is 8.28. The summed E-state index contributed by atoms with van der Waals surface area (Å²) in [7, 11) is -4.85. The quantitative estimate of drug-likeness (QED) is 0.718. The number of carboxylic acids is 1. The Morgan fingerprint density at radius 2 is 1.87 bits per heavy atom. The summed E-state index contributed by atoms with van der Waals surface area (Å²) in [5, 5.41) is 8.60. The zero-order chi connectivity index (χ0) is 12.2. The van der Waals surface area contributed by atoms with Crippen LogP contribution in [0.15, 0.2) is 0 Å². The lowest BCUT2D eigenvalue weighted by atomic mass is 10.1. The van der Waals surface area contributed by atoms with Crippen LogP contribution >= 0.6 is 0 Å². The maximum Gasteiger partial charge on any atom is 0.350 e. The van der Waals surface area contributed by atoms with E-state index in [0.29, 0.717) is 0 Å². The highest BCUT2D eigenvalue weighted by Crippen LogP contribution is 2.09. The molecule has 5 nitrogen and oxygen atoms in total. The van der Waals surface area contributed by atoms with Gasteiger partial charge >= 0.3 is 11.7 Å². The molecule has 2 N–H and O–H groups in total. The van der Waals surface area contributed by atoms with Gasteiger partial charge in [0.2, 0.25) is 0 Å². The third-order valence-electron chi connectivity index (χ3n) is 1.55. The molecule has 15 heavy (non-hydrogen) atoms. The second kappa shape index (κ2) is 5.36. The highest BCUT2D eigenvalue weighted by atomic mass is 32.2. The van der Waals surface area contributed by atoms with E-state index in [9.17, 15) is 22.0 Å². The average Bonchev–Trinajstić information content (AvgIpc) is 2.01. The number of hydrogen-bond acceptors (Lipinski definition) is 3. The van der Waals surface area contributed by atoms with E-state index in [0.717, 1.165) is 0 Å². The summed E-state index contributed by atoms with van der Waals surface area (Å²) in [4.78, 5) is 10.6. The van der Waals surface area contributed by atoms with Crippen molar-refractivity contribution >= 4 is 16.0 Å². The fraction of sp³-hybridized carbons (Fsp3) is 0.857. The van der Waals surface area contributed by atoms with Crippen molar-refractivity contribution in [2.45, 2.75) is 32.1 Å². The van der Waals surface area contributed by atoms with E-state index in [4.69, 9.17) is 5.11 Å². The van der Waals surface area contributed by atoms with Gasteiger partial charge in [0.15, 0.2) is 0 Å². The van der Waals surface area contributed by atoms with E-state index in [1.807, 2.05) is 0 Å². The van der Waals surface area contributed by atoms with Gasteiger partial charge in [-0.1, -0.05) is 13.8 Å². The number of alkyl halides is 2. The fourth-order valence-corrected chi connectivity index (χ4v) is 1.62. The average molecular weight is 245 g/mol. The molecule has 0 aliphatic carbocycles. The summed E-state index contributed by atoms with van der Waals surface area (Å²) >= 11 is 0. The lowest BCUT2D eigenvalue weighted by molar-refractivity contribution is -0.139. The van der Waals surface area contributed by atoms with Gasteiger partial charge in [0, 0.05) is 0 Å². The number of rotatable bonds is 6. The summed E-state index contributed by atoms with van der Waals surface area (Å²) in [6.45, 7) is 3.32. The van der Waals surface area contributed by atoms with Crippen molar-refractivity contribution in [1.82, 2.24) is 4.72 Å². The zero-order valence-corrected chi connectivity index (χ0v) is 9.09. The Balaban J connectivity index is 4.63. The number of carboxylic acid groups (broad SMARTS) is 1. The van der Waals surface area contributed by atoms with Crippen LogP contribution in [-0.4, -0.2) is 31.3 Å². The molecule has 0 aromatic heterocycles. The Labute approximate surface area is 86.5 Å². The molecule has 0 unspecified atom stereocenters. The minimum Gasteiger partial charge on any atom is -0.480 e. The Morgan fingerprint density at radius 1 is 1.40 bits per heavy atom. The van der Waals surface area contributed by atoms with Crippen LogP contribution in [0.4, 0.5) is 8.78 Å². The largest absolute Gasteiger partial charge is 0.480 e. The van der Waals surface area contributed by atoms with Crippen LogP contribution in [0, 0.1) is 5.92 Å². The molecular formula is C7H13F2NO4S. The maximum atomic E-state index is 11.9. The first kappa shape index (κ1) is 14.2. The minimum absolute atomic E-state index is 0.0404. The highest BCUT2D eigenvalue weighted by molar-refractivity contribution is 7.89. The normalized spacial score (nSPS) is 14.5. The van der Waals surface area contributed by atoms with Gasteiger partial charge in [-0.05, 0) is 12.3 Å². The molecule has 0 saturated carbocycles. The summed E-state index contributed by atoms with van der Waals surface area (Å²) in [6.07, 6.45) is -0.0404.